The SMILES string of the molecule is Clc1cnc2nc(SCc3ccccc3)[nH]c2c1. The second-order valence-electron chi connectivity index (χ2n) is 3.84. The van der Waals surface area contributed by atoms with Gasteiger partial charge in [0.2, 0.25) is 0 Å². The van der Waals surface area contributed by atoms with Crippen molar-refractivity contribution in [2.24, 2.45) is 0 Å². The Morgan fingerprint density at radius 1 is 1.22 bits per heavy atom. The van der Waals surface area contributed by atoms with Gasteiger partial charge in [0.15, 0.2) is 10.8 Å². The highest BCUT2D eigenvalue weighted by molar-refractivity contribution is 7.98. The lowest BCUT2D eigenvalue weighted by Crippen LogP contribution is -1.80. The molecule has 0 aliphatic heterocycles. The average molecular weight is 276 g/mol. The number of nitrogens with zero attached hydrogens (tertiary/aromatic N) is 2. The predicted octanol–water partition coefficient (Wildman–Crippen LogP) is 3.90. The summed E-state index contributed by atoms with van der Waals surface area (Å²) in [6, 6.07) is 12.1. The van der Waals surface area contributed by atoms with E-state index in [1.807, 2.05) is 24.3 Å². The molecule has 0 aliphatic rings. The fourth-order valence-corrected chi connectivity index (χ4v) is 2.63. The third kappa shape index (κ3) is 2.49. The minimum atomic E-state index is 0.616. The molecule has 90 valence electrons. The third-order valence-electron chi connectivity index (χ3n) is 2.50. The zero-order chi connectivity index (χ0) is 12.4. The lowest BCUT2D eigenvalue weighted by atomic mass is 10.2. The maximum absolute atomic E-state index is 5.88. The summed E-state index contributed by atoms with van der Waals surface area (Å²) in [5.74, 6) is 0.883. The summed E-state index contributed by atoms with van der Waals surface area (Å²) in [5, 5.41) is 1.48. The molecule has 1 aromatic carbocycles. The van der Waals surface area contributed by atoms with Gasteiger partial charge in [-0.2, -0.15) is 0 Å². The van der Waals surface area contributed by atoms with E-state index in [2.05, 4.69) is 27.1 Å². The van der Waals surface area contributed by atoms with E-state index in [9.17, 15) is 0 Å². The summed E-state index contributed by atoms with van der Waals surface area (Å²) in [4.78, 5) is 11.8. The Balaban J connectivity index is 1.79. The number of halogens is 1. The van der Waals surface area contributed by atoms with Gasteiger partial charge in [0.1, 0.15) is 0 Å². The van der Waals surface area contributed by atoms with Crippen LogP contribution in [0.25, 0.3) is 11.2 Å². The summed E-state index contributed by atoms with van der Waals surface area (Å²) >= 11 is 7.54. The molecular formula is C13H10ClN3S. The summed E-state index contributed by atoms with van der Waals surface area (Å²) < 4.78 is 0. The van der Waals surface area contributed by atoms with Crippen molar-refractivity contribution in [2.45, 2.75) is 10.9 Å². The van der Waals surface area contributed by atoms with Crippen LogP contribution in [-0.4, -0.2) is 15.0 Å². The van der Waals surface area contributed by atoms with Gasteiger partial charge in [-0.1, -0.05) is 53.7 Å². The fraction of sp³-hybridized carbons (Fsp3) is 0.0769. The Morgan fingerprint density at radius 3 is 2.89 bits per heavy atom. The number of H-pyrrole nitrogens is 1. The summed E-state index contributed by atoms with van der Waals surface area (Å²) in [6.45, 7) is 0. The van der Waals surface area contributed by atoms with Crippen molar-refractivity contribution in [1.82, 2.24) is 15.0 Å². The number of hydrogen-bond acceptors (Lipinski definition) is 3. The highest BCUT2D eigenvalue weighted by Gasteiger charge is 2.05. The lowest BCUT2D eigenvalue weighted by molar-refractivity contribution is 1.07. The summed E-state index contributed by atoms with van der Waals surface area (Å²) in [6.07, 6.45) is 1.61. The zero-order valence-electron chi connectivity index (χ0n) is 9.43. The molecule has 3 nitrogen and oxygen atoms in total. The van der Waals surface area contributed by atoms with Gasteiger partial charge in [0.05, 0.1) is 10.5 Å². The van der Waals surface area contributed by atoms with Crippen molar-refractivity contribution in [3.05, 3.63) is 53.2 Å². The fourth-order valence-electron chi connectivity index (χ4n) is 1.65. The van der Waals surface area contributed by atoms with E-state index >= 15 is 0 Å². The van der Waals surface area contributed by atoms with Gasteiger partial charge >= 0.3 is 0 Å². The van der Waals surface area contributed by atoms with E-state index in [4.69, 9.17) is 11.6 Å². The quantitative estimate of drug-likeness (QED) is 0.737. The van der Waals surface area contributed by atoms with Gasteiger partial charge in [-0.05, 0) is 11.6 Å². The first kappa shape index (κ1) is 11.6. The Bertz CT molecular complexity index is 666. The van der Waals surface area contributed by atoms with E-state index in [1.54, 1.807) is 18.0 Å². The minimum absolute atomic E-state index is 0.616. The van der Waals surface area contributed by atoms with Gasteiger partial charge in [-0.3, -0.25) is 0 Å². The first-order valence-electron chi connectivity index (χ1n) is 5.49. The van der Waals surface area contributed by atoms with E-state index in [1.165, 1.54) is 5.56 Å². The Hall–Kier alpha value is -1.52. The van der Waals surface area contributed by atoms with Crippen LogP contribution in [0, 0.1) is 0 Å². The molecule has 0 saturated carbocycles. The van der Waals surface area contributed by atoms with Gasteiger partial charge < -0.3 is 4.98 Å². The average Bonchev–Trinajstić information content (AvgIpc) is 2.79. The van der Waals surface area contributed by atoms with Gasteiger partial charge in [-0.25, -0.2) is 9.97 Å². The number of fused-ring (bicyclic) bond motifs is 1. The van der Waals surface area contributed by atoms with Crippen LogP contribution >= 0.6 is 23.4 Å². The molecule has 0 aliphatic carbocycles. The Labute approximate surface area is 114 Å². The molecule has 0 unspecified atom stereocenters. The van der Waals surface area contributed by atoms with Crippen molar-refractivity contribution in [1.29, 1.82) is 0 Å². The number of aromatic amines is 1. The van der Waals surface area contributed by atoms with Crippen molar-refractivity contribution >= 4 is 34.5 Å². The molecule has 18 heavy (non-hydrogen) atoms. The van der Waals surface area contributed by atoms with Gasteiger partial charge in [-0.15, -0.1) is 0 Å². The molecule has 0 bridgehead atoms. The molecule has 5 heteroatoms. The number of aromatic nitrogens is 3. The molecule has 0 atom stereocenters. The van der Waals surface area contributed by atoms with Crippen LogP contribution in [0.2, 0.25) is 5.02 Å². The Kier molecular flexibility index (Phi) is 3.21. The lowest BCUT2D eigenvalue weighted by Gasteiger charge is -1.97. The van der Waals surface area contributed by atoms with Crippen LogP contribution in [0.3, 0.4) is 0 Å². The molecule has 1 N–H and O–H groups in total. The molecular weight excluding hydrogens is 266 g/mol. The Morgan fingerprint density at radius 2 is 2.06 bits per heavy atom. The van der Waals surface area contributed by atoms with E-state index in [0.717, 1.165) is 16.4 Å². The molecule has 3 aromatic rings. The number of benzene rings is 1. The molecule has 2 heterocycles. The van der Waals surface area contributed by atoms with Crippen molar-refractivity contribution < 1.29 is 0 Å². The molecule has 0 fully saturated rings. The minimum Gasteiger partial charge on any atom is -0.331 e. The maximum atomic E-state index is 5.88. The van der Waals surface area contributed by atoms with Crippen molar-refractivity contribution in [3.8, 4) is 0 Å². The van der Waals surface area contributed by atoms with Crippen LogP contribution in [0.1, 0.15) is 5.56 Å². The smallest absolute Gasteiger partial charge is 0.178 e. The highest BCUT2D eigenvalue weighted by Crippen LogP contribution is 2.23. The summed E-state index contributed by atoms with van der Waals surface area (Å²) in [5.41, 5.74) is 2.85. The monoisotopic (exact) mass is 275 g/mol. The molecule has 0 radical (unpaired) electrons. The van der Waals surface area contributed by atoms with Gasteiger partial charge in [0, 0.05) is 11.9 Å². The van der Waals surface area contributed by atoms with Crippen molar-refractivity contribution in [3.63, 3.8) is 0 Å². The largest absolute Gasteiger partial charge is 0.331 e. The first-order valence-corrected chi connectivity index (χ1v) is 6.85. The van der Waals surface area contributed by atoms with E-state index in [0.29, 0.717) is 10.7 Å². The van der Waals surface area contributed by atoms with Crippen LogP contribution < -0.4 is 0 Å². The van der Waals surface area contributed by atoms with E-state index < -0.39 is 0 Å². The molecule has 0 saturated heterocycles. The molecule has 0 spiro atoms. The van der Waals surface area contributed by atoms with Crippen LogP contribution in [0.4, 0.5) is 0 Å². The number of hydrogen-bond donors (Lipinski definition) is 1. The third-order valence-corrected chi connectivity index (χ3v) is 3.65. The second kappa shape index (κ2) is 5.00. The van der Waals surface area contributed by atoms with Gasteiger partial charge in [0.25, 0.3) is 0 Å². The molecule has 2 aromatic heterocycles. The number of rotatable bonds is 3. The number of pyridine rings is 1. The van der Waals surface area contributed by atoms with E-state index in [-0.39, 0.29) is 0 Å². The van der Waals surface area contributed by atoms with Crippen molar-refractivity contribution in [2.75, 3.05) is 0 Å². The van der Waals surface area contributed by atoms with Crippen LogP contribution in [0.15, 0.2) is 47.8 Å². The summed E-state index contributed by atoms with van der Waals surface area (Å²) in [7, 11) is 0. The second-order valence-corrected chi connectivity index (χ2v) is 5.24. The maximum Gasteiger partial charge on any atom is 0.178 e. The standard InChI is InChI=1S/C13H10ClN3S/c14-10-6-11-12(15-7-10)17-13(16-11)18-8-9-4-2-1-3-5-9/h1-7H,8H2,(H,15,16,17). The number of nitrogens with one attached hydrogen (secondary N) is 1. The predicted molar refractivity (Wildman–Crippen MR) is 74.9 cm³/mol. The molecule has 0 amide bonds. The first-order chi connectivity index (χ1) is 8.81. The van der Waals surface area contributed by atoms with Crippen LogP contribution in [-0.2, 0) is 5.75 Å². The normalized spacial score (nSPS) is 10.9. The topological polar surface area (TPSA) is 41.6 Å². The zero-order valence-corrected chi connectivity index (χ0v) is 11.0. The van der Waals surface area contributed by atoms with Crippen LogP contribution in [0.5, 0.6) is 0 Å². The molecule has 3 rings (SSSR count). The highest BCUT2D eigenvalue weighted by atomic mass is 35.5. The number of thioether (sulfide) groups is 1. The number of imidazole rings is 1.